The van der Waals surface area contributed by atoms with Gasteiger partial charge in [0, 0.05) is 20.0 Å². The minimum absolute atomic E-state index is 0.0312. The van der Waals surface area contributed by atoms with Gasteiger partial charge >= 0.3 is 5.97 Å². The Hall–Kier alpha value is -0.610. The van der Waals surface area contributed by atoms with Crippen molar-refractivity contribution in [3.8, 4) is 0 Å². The summed E-state index contributed by atoms with van der Waals surface area (Å²) in [6.07, 6.45) is 5.64. The lowest BCUT2D eigenvalue weighted by molar-refractivity contribution is -0.153. The maximum Gasteiger partial charge on any atom is 0.306 e. The van der Waals surface area contributed by atoms with Crippen LogP contribution in [0.25, 0.3) is 0 Å². The SMILES string of the molecule is COC1CCCC(OC(=O)C[C@@H](CN)CC(C)C)C1. The molecular formula is C15H29NO3. The topological polar surface area (TPSA) is 61.5 Å². The lowest BCUT2D eigenvalue weighted by Gasteiger charge is -2.28. The summed E-state index contributed by atoms with van der Waals surface area (Å²) in [6.45, 7) is 4.86. The van der Waals surface area contributed by atoms with Crippen LogP contribution in [0.15, 0.2) is 0 Å². The molecule has 3 atom stereocenters. The lowest BCUT2D eigenvalue weighted by atomic mass is 9.93. The molecule has 0 aliphatic heterocycles. The maximum atomic E-state index is 11.9. The van der Waals surface area contributed by atoms with Gasteiger partial charge in [0.05, 0.1) is 6.10 Å². The second-order valence-corrected chi connectivity index (χ2v) is 6.07. The predicted octanol–water partition coefficient (Wildman–Crippen LogP) is 2.50. The van der Waals surface area contributed by atoms with Gasteiger partial charge < -0.3 is 15.2 Å². The fourth-order valence-corrected chi connectivity index (χ4v) is 2.82. The summed E-state index contributed by atoms with van der Waals surface area (Å²) in [6, 6.07) is 0. The molecule has 2 N–H and O–H groups in total. The molecule has 0 aromatic rings. The number of rotatable bonds is 7. The van der Waals surface area contributed by atoms with Crippen LogP contribution in [0.3, 0.4) is 0 Å². The summed E-state index contributed by atoms with van der Waals surface area (Å²) in [5.74, 6) is 0.709. The molecule has 112 valence electrons. The minimum atomic E-state index is -0.0992. The number of methoxy groups -OCH3 is 1. The Morgan fingerprint density at radius 2 is 2.00 bits per heavy atom. The molecule has 0 spiro atoms. The van der Waals surface area contributed by atoms with Crippen molar-refractivity contribution >= 4 is 5.97 Å². The number of hydrogen-bond acceptors (Lipinski definition) is 4. The van der Waals surface area contributed by atoms with E-state index in [9.17, 15) is 4.79 Å². The van der Waals surface area contributed by atoms with Gasteiger partial charge in [0.25, 0.3) is 0 Å². The van der Waals surface area contributed by atoms with E-state index in [4.69, 9.17) is 15.2 Å². The molecule has 19 heavy (non-hydrogen) atoms. The van der Waals surface area contributed by atoms with Crippen molar-refractivity contribution in [3.63, 3.8) is 0 Å². The highest BCUT2D eigenvalue weighted by molar-refractivity contribution is 5.69. The van der Waals surface area contributed by atoms with Gasteiger partial charge in [0.15, 0.2) is 0 Å². The van der Waals surface area contributed by atoms with E-state index in [1.165, 1.54) is 0 Å². The van der Waals surface area contributed by atoms with E-state index in [-0.39, 0.29) is 24.1 Å². The van der Waals surface area contributed by atoms with Gasteiger partial charge in [-0.1, -0.05) is 13.8 Å². The van der Waals surface area contributed by atoms with Crippen molar-refractivity contribution in [2.75, 3.05) is 13.7 Å². The van der Waals surface area contributed by atoms with Crippen LogP contribution in [-0.2, 0) is 14.3 Å². The Morgan fingerprint density at radius 3 is 2.58 bits per heavy atom. The molecule has 0 bridgehead atoms. The van der Waals surface area contributed by atoms with Crippen LogP contribution in [0, 0.1) is 11.8 Å². The zero-order valence-corrected chi connectivity index (χ0v) is 12.6. The third kappa shape index (κ3) is 6.39. The second-order valence-electron chi connectivity index (χ2n) is 6.07. The molecule has 4 heteroatoms. The van der Waals surface area contributed by atoms with Gasteiger partial charge in [-0.05, 0) is 44.1 Å². The Morgan fingerprint density at radius 1 is 1.32 bits per heavy atom. The van der Waals surface area contributed by atoms with E-state index < -0.39 is 0 Å². The van der Waals surface area contributed by atoms with Gasteiger partial charge in [-0.3, -0.25) is 4.79 Å². The first-order valence-electron chi connectivity index (χ1n) is 7.47. The molecule has 1 saturated carbocycles. The van der Waals surface area contributed by atoms with Crippen LogP contribution < -0.4 is 5.73 Å². The minimum Gasteiger partial charge on any atom is -0.462 e. The fourth-order valence-electron chi connectivity index (χ4n) is 2.82. The molecule has 0 aromatic heterocycles. The summed E-state index contributed by atoms with van der Waals surface area (Å²) in [5, 5.41) is 0. The molecule has 4 nitrogen and oxygen atoms in total. The zero-order valence-electron chi connectivity index (χ0n) is 12.6. The van der Waals surface area contributed by atoms with Gasteiger partial charge in [-0.15, -0.1) is 0 Å². The largest absolute Gasteiger partial charge is 0.462 e. The molecule has 0 saturated heterocycles. The van der Waals surface area contributed by atoms with Crippen LogP contribution in [0.5, 0.6) is 0 Å². The first-order chi connectivity index (χ1) is 9.05. The van der Waals surface area contributed by atoms with Gasteiger partial charge in [0.2, 0.25) is 0 Å². The van der Waals surface area contributed by atoms with E-state index >= 15 is 0 Å². The van der Waals surface area contributed by atoms with E-state index in [2.05, 4.69) is 13.8 Å². The van der Waals surface area contributed by atoms with Crippen LogP contribution in [0.2, 0.25) is 0 Å². The van der Waals surface area contributed by atoms with Crippen molar-refractivity contribution in [1.29, 1.82) is 0 Å². The fraction of sp³-hybridized carbons (Fsp3) is 0.933. The Kier molecular flexibility index (Phi) is 7.39. The van der Waals surface area contributed by atoms with Crippen molar-refractivity contribution in [1.82, 2.24) is 0 Å². The first kappa shape index (κ1) is 16.4. The van der Waals surface area contributed by atoms with Crippen LogP contribution in [-0.4, -0.2) is 31.8 Å². The summed E-state index contributed by atoms with van der Waals surface area (Å²) in [7, 11) is 1.72. The molecule has 1 fully saturated rings. The number of hydrogen-bond donors (Lipinski definition) is 1. The van der Waals surface area contributed by atoms with Crippen molar-refractivity contribution in [2.45, 2.75) is 64.6 Å². The number of carbonyl (C=O) groups is 1. The molecular weight excluding hydrogens is 242 g/mol. The maximum absolute atomic E-state index is 11.9. The first-order valence-corrected chi connectivity index (χ1v) is 7.47. The lowest BCUT2D eigenvalue weighted by Crippen LogP contribution is -2.30. The number of esters is 1. The quantitative estimate of drug-likeness (QED) is 0.723. The van der Waals surface area contributed by atoms with E-state index in [1.54, 1.807) is 7.11 Å². The Labute approximate surface area is 117 Å². The highest BCUT2D eigenvalue weighted by atomic mass is 16.5. The number of carbonyl (C=O) groups excluding carboxylic acids is 1. The molecule has 0 amide bonds. The Bertz CT molecular complexity index is 268. The number of ether oxygens (including phenoxy) is 2. The van der Waals surface area contributed by atoms with Crippen molar-refractivity contribution in [3.05, 3.63) is 0 Å². The standard InChI is InChI=1S/C15H29NO3/c1-11(2)7-12(10-16)8-15(17)19-14-6-4-5-13(9-14)18-3/h11-14H,4-10,16H2,1-3H3/t12-,13?,14?/m0/s1. The summed E-state index contributed by atoms with van der Waals surface area (Å²) in [5.41, 5.74) is 5.72. The van der Waals surface area contributed by atoms with E-state index in [1.807, 2.05) is 0 Å². The molecule has 2 unspecified atom stereocenters. The summed E-state index contributed by atoms with van der Waals surface area (Å²) >= 11 is 0. The van der Waals surface area contributed by atoms with Crippen LogP contribution in [0.1, 0.15) is 52.4 Å². The third-order valence-corrected chi connectivity index (χ3v) is 3.80. The van der Waals surface area contributed by atoms with Gasteiger partial charge in [0.1, 0.15) is 6.10 Å². The summed E-state index contributed by atoms with van der Waals surface area (Å²) < 4.78 is 10.9. The molecule has 0 heterocycles. The molecule has 0 radical (unpaired) electrons. The second kappa shape index (κ2) is 8.54. The highest BCUT2D eigenvalue weighted by Crippen LogP contribution is 2.24. The molecule has 0 aromatic carbocycles. The smallest absolute Gasteiger partial charge is 0.306 e. The summed E-state index contributed by atoms with van der Waals surface area (Å²) in [4.78, 5) is 11.9. The molecule has 1 rings (SSSR count). The molecule has 1 aliphatic carbocycles. The van der Waals surface area contributed by atoms with Crippen LogP contribution >= 0.6 is 0 Å². The van der Waals surface area contributed by atoms with E-state index in [0.29, 0.717) is 18.9 Å². The zero-order chi connectivity index (χ0) is 14.3. The molecule has 1 aliphatic rings. The number of nitrogens with two attached hydrogens (primary N) is 1. The highest BCUT2D eigenvalue weighted by Gasteiger charge is 2.25. The average Bonchev–Trinajstić information content (AvgIpc) is 2.37. The Balaban J connectivity index is 2.33. The monoisotopic (exact) mass is 271 g/mol. The average molecular weight is 271 g/mol. The van der Waals surface area contributed by atoms with E-state index in [0.717, 1.165) is 32.1 Å². The van der Waals surface area contributed by atoms with Gasteiger partial charge in [-0.25, -0.2) is 0 Å². The van der Waals surface area contributed by atoms with Gasteiger partial charge in [-0.2, -0.15) is 0 Å². The van der Waals surface area contributed by atoms with Crippen molar-refractivity contribution in [2.24, 2.45) is 17.6 Å². The normalized spacial score (nSPS) is 25.3. The van der Waals surface area contributed by atoms with Crippen LogP contribution in [0.4, 0.5) is 0 Å². The van der Waals surface area contributed by atoms with Crippen molar-refractivity contribution < 1.29 is 14.3 Å². The predicted molar refractivity (Wildman–Crippen MR) is 75.8 cm³/mol. The third-order valence-electron chi connectivity index (χ3n) is 3.80.